The topological polar surface area (TPSA) is 135 Å². The number of aliphatic hydroxyl groups is 2. The van der Waals surface area contributed by atoms with Crippen LogP contribution in [0, 0.1) is 24.2 Å². The maximum absolute atomic E-state index is 10.7. The van der Waals surface area contributed by atoms with Crippen LogP contribution in [-0.2, 0) is 34.5 Å². The van der Waals surface area contributed by atoms with Gasteiger partial charge in [-0.1, -0.05) is 108 Å². The quantitative estimate of drug-likeness (QED) is 0.0780. The lowest BCUT2D eigenvalue weighted by molar-refractivity contribution is -0.313. The number of aromatic hydroxyl groups is 1. The lowest BCUT2D eigenvalue weighted by Crippen LogP contribution is -2.71. The van der Waals surface area contributed by atoms with E-state index in [-0.39, 0.29) is 40.2 Å². The monoisotopic (exact) mass is 1080 g/mol. The van der Waals surface area contributed by atoms with Crippen LogP contribution in [0.15, 0.2) is 97.1 Å². The zero-order valence-corrected chi connectivity index (χ0v) is 47.0. The Morgan fingerprint density at radius 2 is 0.838 bits per heavy atom. The predicted octanol–water partition coefficient (Wildman–Crippen LogP) is 12.1. The summed E-state index contributed by atoms with van der Waals surface area (Å²) >= 11 is 17.3. The highest BCUT2D eigenvalue weighted by molar-refractivity contribution is 6.19. The van der Waals surface area contributed by atoms with Gasteiger partial charge in [0.05, 0.1) is 56.8 Å². The molecule has 5 aliphatic heterocycles. The van der Waals surface area contributed by atoms with Gasteiger partial charge in [-0.2, -0.15) is 0 Å². The van der Waals surface area contributed by atoms with Gasteiger partial charge in [-0.05, 0) is 134 Å². The van der Waals surface area contributed by atoms with Crippen LogP contribution in [-0.4, -0.2) is 120 Å². The first-order chi connectivity index (χ1) is 35.2. The van der Waals surface area contributed by atoms with E-state index in [0.29, 0.717) is 56.0 Å². The molecule has 0 bridgehead atoms. The predicted molar refractivity (Wildman–Crippen MR) is 294 cm³/mol. The van der Waals surface area contributed by atoms with Crippen molar-refractivity contribution >= 4 is 34.8 Å². The van der Waals surface area contributed by atoms with E-state index in [4.69, 9.17) is 68.0 Å². The van der Waals surface area contributed by atoms with Gasteiger partial charge in [0.1, 0.15) is 65.1 Å². The second kappa shape index (κ2) is 23.5. The molecule has 5 atom stereocenters. The minimum absolute atomic E-state index is 0.0403. The molecule has 2 saturated carbocycles. The average molecular weight is 1080 g/mol. The number of hydrogen-bond donors (Lipinski definition) is 3. The van der Waals surface area contributed by atoms with Crippen molar-refractivity contribution in [2.45, 2.75) is 151 Å². The Balaban J connectivity index is 0.000000144. The number of alkyl halides is 3. The minimum Gasteiger partial charge on any atom is -0.508 e. The van der Waals surface area contributed by atoms with Crippen LogP contribution in [0.1, 0.15) is 121 Å². The van der Waals surface area contributed by atoms with Crippen molar-refractivity contribution in [3.05, 3.63) is 125 Å². The maximum atomic E-state index is 10.7. The Labute approximate surface area is 455 Å². The van der Waals surface area contributed by atoms with E-state index in [1.165, 1.54) is 27.8 Å². The number of phenols is 1. The summed E-state index contributed by atoms with van der Waals surface area (Å²) in [6, 6.07) is 32.7. The lowest BCUT2D eigenvalue weighted by atomic mass is 9.55. The third-order valence-electron chi connectivity index (χ3n) is 17.8. The number of aryl methyl sites for hydroxylation is 1. The van der Waals surface area contributed by atoms with Crippen LogP contribution in [0.2, 0.25) is 0 Å². The third kappa shape index (κ3) is 13.1. The molecule has 406 valence electrons. The number of hydrogen-bond acceptors (Lipinski definition) is 10. The number of rotatable bonds is 15. The van der Waals surface area contributed by atoms with E-state index in [1.807, 2.05) is 36.4 Å². The van der Waals surface area contributed by atoms with E-state index < -0.39 is 22.4 Å². The number of phenolic OH excluding ortho intramolecular Hbond substituents is 1. The smallest absolute Gasteiger partial charge is 0.130 e. The Bertz CT molecular complexity index is 2220. The van der Waals surface area contributed by atoms with Crippen molar-refractivity contribution in [2.75, 3.05) is 63.9 Å². The summed E-state index contributed by atoms with van der Waals surface area (Å²) in [7, 11) is 0. The largest absolute Gasteiger partial charge is 0.508 e. The molecule has 5 unspecified atom stereocenters. The summed E-state index contributed by atoms with van der Waals surface area (Å²) in [5.41, 5.74) is 3.88. The van der Waals surface area contributed by atoms with Crippen molar-refractivity contribution in [3.8, 4) is 17.2 Å². The highest BCUT2D eigenvalue weighted by atomic mass is 35.5. The molecule has 7 aliphatic rings. The van der Waals surface area contributed by atoms with Crippen LogP contribution in [0.25, 0.3) is 0 Å². The average Bonchev–Trinajstić information content (AvgIpc) is 4.26. The van der Waals surface area contributed by atoms with Gasteiger partial charge in [0, 0.05) is 10.8 Å². The Hall–Kier alpha value is -3.13. The van der Waals surface area contributed by atoms with Crippen LogP contribution in [0.5, 0.6) is 17.2 Å². The first-order valence-electron chi connectivity index (χ1n) is 26.8. The van der Waals surface area contributed by atoms with Crippen molar-refractivity contribution in [2.24, 2.45) is 17.3 Å². The van der Waals surface area contributed by atoms with Crippen LogP contribution in [0.4, 0.5) is 0 Å². The molecular weight excluding hydrogens is 999 g/mol. The SMILES string of the molecule is CC(C)(C1CCC2(CC1)OCC2(O)CCl)C1CCC2(CC1)OCC2(O)CCl.CC(C)(c1ccc(OCC2CO2)cc1)c1ccc(OCC2CO2)cc1.Cc1ccc(C(C)(C)c2ccc(O)cc2)cc1.ClCC1CO1. The third-order valence-corrected chi connectivity index (χ3v) is 19.0. The van der Waals surface area contributed by atoms with Gasteiger partial charge in [-0.15, -0.1) is 34.8 Å². The molecule has 3 N–H and O–H groups in total. The first kappa shape index (κ1) is 57.1. The molecule has 11 rings (SSSR count). The van der Waals surface area contributed by atoms with Crippen LogP contribution >= 0.6 is 34.8 Å². The Kier molecular flexibility index (Phi) is 18.1. The summed E-state index contributed by atoms with van der Waals surface area (Å²) in [5, 5.41) is 30.7. The first-order valence-corrected chi connectivity index (χ1v) is 28.4. The summed E-state index contributed by atoms with van der Waals surface area (Å²) in [4.78, 5) is 0. The van der Waals surface area contributed by atoms with Gasteiger partial charge >= 0.3 is 0 Å². The summed E-state index contributed by atoms with van der Waals surface area (Å²) < 4.78 is 38.2. The number of halogens is 3. The van der Waals surface area contributed by atoms with Gasteiger partial charge < -0.3 is 48.5 Å². The highest BCUT2D eigenvalue weighted by Gasteiger charge is 2.63. The maximum Gasteiger partial charge on any atom is 0.130 e. The van der Waals surface area contributed by atoms with E-state index in [2.05, 4.69) is 97.0 Å². The molecule has 2 aliphatic carbocycles. The van der Waals surface area contributed by atoms with Crippen molar-refractivity contribution in [1.82, 2.24) is 0 Å². The van der Waals surface area contributed by atoms with E-state index in [0.717, 1.165) is 82.7 Å². The molecule has 0 amide bonds. The fourth-order valence-corrected chi connectivity index (χ4v) is 12.2. The van der Waals surface area contributed by atoms with Crippen LogP contribution in [0.3, 0.4) is 0 Å². The Morgan fingerprint density at radius 1 is 0.514 bits per heavy atom. The van der Waals surface area contributed by atoms with E-state index >= 15 is 0 Å². The summed E-state index contributed by atoms with van der Waals surface area (Å²) in [6.45, 7) is 20.3. The summed E-state index contributed by atoms with van der Waals surface area (Å²) in [5.74, 6) is 4.53. The molecule has 10 nitrogen and oxygen atoms in total. The van der Waals surface area contributed by atoms with Crippen molar-refractivity contribution in [1.29, 1.82) is 0 Å². The van der Waals surface area contributed by atoms with Gasteiger partial charge in [-0.25, -0.2) is 0 Å². The number of epoxide rings is 3. The van der Waals surface area contributed by atoms with Gasteiger partial charge in [-0.3, -0.25) is 0 Å². The standard InChI is InChI=1S/C21H34Cl2O4.C21H24O4.C16H18O.C3H5ClO/c1-17(2,15-3-7-20(8-4-15)18(24,11-22)13-26-20)16-5-9-21(10-6-16)19(25,12-23)14-27-21;1-21(2,15-3-7-17(8-4-15)22-11-19-13-24-19)16-5-9-18(10-6-16)23-12-20-14-25-20;1-12-4-6-13(7-5-12)16(2,3)14-8-10-15(17)11-9-14;4-1-3-2-5-3/h15-16,24-25H,3-14H2,1-2H3;3-10,19-20H,11-14H2,1-2H3;4-11,17H,1-3H3;3H,1-2H2. The molecule has 5 saturated heterocycles. The molecule has 13 heteroatoms. The molecule has 74 heavy (non-hydrogen) atoms. The summed E-state index contributed by atoms with van der Waals surface area (Å²) in [6.07, 6.45) is 8.87. The highest BCUT2D eigenvalue weighted by Crippen LogP contribution is 2.58. The number of ether oxygens (including phenoxy) is 7. The minimum atomic E-state index is -0.839. The van der Waals surface area contributed by atoms with Crippen LogP contribution < -0.4 is 9.47 Å². The van der Waals surface area contributed by atoms with Crippen molar-refractivity contribution < 1.29 is 48.5 Å². The van der Waals surface area contributed by atoms with Gasteiger partial charge in [0.15, 0.2) is 0 Å². The number of benzene rings is 4. The fourth-order valence-electron chi connectivity index (χ4n) is 11.4. The molecule has 4 aromatic rings. The zero-order chi connectivity index (χ0) is 53.0. The van der Waals surface area contributed by atoms with Crippen molar-refractivity contribution in [3.63, 3.8) is 0 Å². The molecule has 5 heterocycles. The molecule has 2 spiro atoms. The second-order valence-electron chi connectivity index (χ2n) is 23.6. The second-order valence-corrected chi connectivity index (χ2v) is 24.5. The fraction of sp³-hybridized carbons (Fsp3) is 0.607. The molecule has 7 fully saturated rings. The molecule has 0 aromatic heterocycles. The Morgan fingerprint density at radius 3 is 1.11 bits per heavy atom. The normalized spacial score (nSPS) is 30.7. The van der Waals surface area contributed by atoms with E-state index in [1.54, 1.807) is 12.1 Å². The van der Waals surface area contributed by atoms with Gasteiger partial charge in [0.2, 0.25) is 0 Å². The molecule has 4 aromatic carbocycles. The molecular formula is C61H81Cl3O10. The zero-order valence-electron chi connectivity index (χ0n) is 44.7. The molecule has 0 radical (unpaired) electrons. The van der Waals surface area contributed by atoms with Gasteiger partial charge in [0.25, 0.3) is 0 Å². The lowest BCUT2D eigenvalue weighted by Gasteiger charge is -2.61. The van der Waals surface area contributed by atoms with E-state index in [9.17, 15) is 15.3 Å².